The predicted octanol–water partition coefficient (Wildman–Crippen LogP) is 0.677. The number of nitro groups is 1. The van der Waals surface area contributed by atoms with Gasteiger partial charge in [0.15, 0.2) is 0 Å². The van der Waals surface area contributed by atoms with E-state index >= 15 is 0 Å². The van der Waals surface area contributed by atoms with Crippen molar-refractivity contribution in [1.29, 1.82) is 0 Å². The van der Waals surface area contributed by atoms with Gasteiger partial charge in [0.1, 0.15) is 5.75 Å². The van der Waals surface area contributed by atoms with Crippen LogP contribution in [0.15, 0.2) is 18.2 Å². The smallest absolute Gasteiger partial charge is 0.265 e. The first-order chi connectivity index (χ1) is 5.65. The molecule has 1 aromatic rings. The summed E-state index contributed by atoms with van der Waals surface area (Å²) in [7, 11) is 1.38. The van der Waals surface area contributed by atoms with Crippen LogP contribution in [0.5, 0.6) is 11.5 Å². The molecule has 5 heteroatoms. The molecule has 0 radical (unpaired) electrons. The number of methoxy groups -OCH3 is 1. The number of hydrogen-bond acceptors (Lipinski definition) is 4. The van der Waals surface area contributed by atoms with Crippen LogP contribution in [0.2, 0.25) is 0 Å². The van der Waals surface area contributed by atoms with Gasteiger partial charge in [0.05, 0.1) is 18.1 Å². The Bertz CT molecular complexity index is 310. The minimum absolute atomic E-state index is 0.307. The molecule has 0 spiro atoms. The number of hydrogen-bond donors (Lipinski definition) is 0. The van der Waals surface area contributed by atoms with Crippen LogP contribution in [0.25, 0.3) is 0 Å². The lowest BCUT2D eigenvalue weighted by atomic mass is 10.3. The van der Waals surface area contributed by atoms with Crippen LogP contribution in [0.3, 0.4) is 0 Å². The maximum Gasteiger partial charge on any atom is 0.265 e. The van der Waals surface area contributed by atoms with E-state index in [1.54, 1.807) is 0 Å². The molecule has 0 saturated carbocycles. The second kappa shape index (κ2) is 3.08. The second-order valence-corrected chi connectivity index (χ2v) is 2.09. The first-order valence-corrected chi connectivity index (χ1v) is 3.14. The van der Waals surface area contributed by atoms with E-state index in [0.29, 0.717) is 5.75 Å². The molecule has 0 aliphatic heterocycles. The lowest BCUT2D eigenvalue weighted by Crippen LogP contribution is -1.97. The molecule has 0 aromatic heterocycles. The molecule has 0 bridgehead atoms. The molecule has 0 N–H and O–H groups in total. The van der Waals surface area contributed by atoms with E-state index < -0.39 is 16.4 Å². The molecule has 0 fully saturated rings. The summed E-state index contributed by atoms with van der Waals surface area (Å²) in [5.41, 5.74) is -0.464. The largest absolute Gasteiger partial charge is 0.868 e. The van der Waals surface area contributed by atoms with Crippen LogP contribution in [0, 0.1) is 10.1 Å². The molecule has 12 heavy (non-hydrogen) atoms. The molecular weight excluding hydrogens is 162 g/mol. The predicted molar refractivity (Wildman–Crippen MR) is 39.1 cm³/mol. The van der Waals surface area contributed by atoms with Gasteiger partial charge in [-0.2, -0.15) is 0 Å². The van der Waals surface area contributed by atoms with Gasteiger partial charge in [-0.25, -0.2) is 0 Å². The van der Waals surface area contributed by atoms with E-state index in [0.717, 1.165) is 12.1 Å². The third-order valence-electron chi connectivity index (χ3n) is 1.36. The molecule has 0 amide bonds. The Morgan fingerprint density at radius 1 is 1.50 bits per heavy atom. The Morgan fingerprint density at radius 2 is 2.17 bits per heavy atom. The molecule has 0 aliphatic carbocycles. The second-order valence-electron chi connectivity index (χ2n) is 2.09. The van der Waals surface area contributed by atoms with Gasteiger partial charge in [-0.1, -0.05) is 6.07 Å². The van der Waals surface area contributed by atoms with E-state index in [1.807, 2.05) is 0 Å². The summed E-state index contributed by atoms with van der Waals surface area (Å²) in [5.74, 6) is -0.304. The maximum absolute atomic E-state index is 10.8. The molecular formula is C7H6NO4-. The Morgan fingerprint density at radius 3 is 2.67 bits per heavy atom. The highest BCUT2D eigenvalue weighted by Crippen LogP contribution is 2.27. The summed E-state index contributed by atoms with van der Waals surface area (Å²) >= 11 is 0. The summed E-state index contributed by atoms with van der Waals surface area (Å²) in [4.78, 5) is 9.51. The quantitative estimate of drug-likeness (QED) is 0.480. The fourth-order valence-corrected chi connectivity index (χ4v) is 0.767. The maximum atomic E-state index is 10.8. The lowest BCUT2D eigenvalue weighted by Gasteiger charge is -2.06. The van der Waals surface area contributed by atoms with E-state index in [9.17, 15) is 15.2 Å². The normalized spacial score (nSPS) is 9.42. The zero-order valence-electron chi connectivity index (χ0n) is 6.31. The summed E-state index contributed by atoms with van der Waals surface area (Å²) in [6.45, 7) is 0. The van der Waals surface area contributed by atoms with Gasteiger partial charge in [0, 0.05) is 0 Å². The highest BCUT2D eigenvalue weighted by Gasteiger charge is 2.07. The minimum Gasteiger partial charge on any atom is -0.868 e. The fourth-order valence-electron chi connectivity index (χ4n) is 0.767. The highest BCUT2D eigenvalue weighted by molar-refractivity contribution is 5.48. The van der Waals surface area contributed by atoms with Crippen LogP contribution in [0.1, 0.15) is 0 Å². The number of rotatable bonds is 2. The van der Waals surface area contributed by atoms with Crippen LogP contribution < -0.4 is 9.84 Å². The molecule has 1 rings (SSSR count). The number of benzene rings is 1. The van der Waals surface area contributed by atoms with E-state index in [2.05, 4.69) is 0 Å². The SMILES string of the molecule is COc1ccc([O-])c([N+](=O)[O-])c1. The zero-order valence-corrected chi connectivity index (χ0v) is 6.31. The van der Waals surface area contributed by atoms with Crippen molar-refractivity contribution in [3.63, 3.8) is 0 Å². The number of nitrogens with zero attached hydrogens (tertiary/aromatic N) is 1. The van der Waals surface area contributed by atoms with Crippen molar-refractivity contribution in [3.8, 4) is 11.5 Å². The third kappa shape index (κ3) is 1.45. The van der Waals surface area contributed by atoms with Crippen molar-refractivity contribution in [2.45, 2.75) is 0 Å². The average Bonchev–Trinajstić information content (AvgIpc) is 2.05. The van der Waals surface area contributed by atoms with Crippen molar-refractivity contribution in [2.24, 2.45) is 0 Å². The first-order valence-electron chi connectivity index (χ1n) is 3.14. The Labute approximate surface area is 68.4 Å². The van der Waals surface area contributed by atoms with Gasteiger partial charge >= 0.3 is 0 Å². The Kier molecular flexibility index (Phi) is 2.14. The Hall–Kier alpha value is -1.78. The van der Waals surface area contributed by atoms with E-state index in [1.165, 1.54) is 13.2 Å². The molecule has 0 heterocycles. The van der Waals surface area contributed by atoms with Crippen LogP contribution in [-0.4, -0.2) is 12.0 Å². The lowest BCUT2D eigenvalue weighted by molar-refractivity contribution is -0.398. The monoisotopic (exact) mass is 168 g/mol. The molecule has 0 unspecified atom stereocenters. The van der Waals surface area contributed by atoms with Gasteiger partial charge in [-0.05, 0) is 11.8 Å². The minimum atomic E-state index is -0.731. The van der Waals surface area contributed by atoms with Crippen molar-refractivity contribution in [1.82, 2.24) is 0 Å². The van der Waals surface area contributed by atoms with Gasteiger partial charge in [-0.3, -0.25) is 10.1 Å². The average molecular weight is 168 g/mol. The molecule has 1 aromatic carbocycles. The molecule has 0 aliphatic rings. The van der Waals surface area contributed by atoms with Gasteiger partial charge in [0.2, 0.25) is 0 Å². The van der Waals surface area contributed by atoms with Crippen molar-refractivity contribution in [2.75, 3.05) is 7.11 Å². The molecule has 64 valence electrons. The van der Waals surface area contributed by atoms with E-state index in [-0.39, 0.29) is 0 Å². The third-order valence-corrected chi connectivity index (χ3v) is 1.36. The van der Waals surface area contributed by atoms with Gasteiger partial charge in [-0.15, -0.1) is 0 Å². The van der Waals surface area contributed by atoms with Crippen LogP contribution in [-0.2, 0) is 0 Å². The zero-order chi connectivity index (χ0) is 9.14. The highest BCUT2D eigenvalue weighted by atomic mass is 16.6. The van der Waals surface area contributed by atoms with E-state index in [4.69, 9.17) is 4.74 Å². The standard InChI is InChI=1S/C7H7NO4/c1-12-5-2-3-7(9)6(4-5)8(10)11/h2-4,9H,1H3/p-1. The summed E-state index contributed by atoms with van der Waals surface area (Å²) in [6, 6.07) is 3.59. The fraction of sp³-hybridized carbons (Fsp3) is 0.143. The molecule has 5 nitrogen and oxygen atoms in total. The topological polar surface area (TPSA) is 75.4 Å². The number of nitro benzene ring substituents is 1. The van der Waals surface area contributed by atoms with Crippen LogP contribution >= 0.6 is 0 Å². The Balaban J connectivity index is 3.17. The number of ether oxygens (including phenoxy) is 1. The van der Waals surface area contributed by atoms with Crippen molar-refractivity contribution in [3.05, 3.63) is 28.3 Å². The molecule has 0 atom stereocenters. The molecule has 0 saturated heterocycles. The van der Waals surface area contributed by atoms with Crippen molar-refractivity contribution >= 4 is 5.69 Å². The van der Waals surface area contributed by atoms with Gasteiger partial charge in [0.25, 0.3) is 5.69 Å². The summed E-state index contributed by atoms with van der Waals surface area (Å²) < 4.78 is 4.72. The first kappa shape index (κ1) is 8.32. The summed E-state index contributed by atoms with van der Waals surface area (Å²) in [5, 5.41) is 21.1. The van der Waals surface area contributed by atoms with Crippen molar-refractivity contribution < 1.29 is 14.8 Å². The van der Waals surface area contributed by atoms with Crippen LogP contribution in [0.4, 0.5) is 5.69 Å². The summed E-state index contributed by atoms with van der Waals surface area (Å²) in [6.07, 6.45) is 0. The van der Waals surface area contributed by atoms with Gasteiger partial charge < -0.3 is 9.84 Å².